The zero-order valence-electron chi connectivity index (χ0n) is 6.88. The van der Waals surface area contributed by atoms with E-state index in [9.17, 15) is 8.78 Å². The molecule has 0 amide bonds. The van der Waals surface area contributed by atoms with Crippen LogP contribution in [-0.4, -0.2) is 4.98 Å². The Labute approximate surface area is 73.8 Å². The third-order valence-electron chi connectivity index (χ3n) is 1.58. The van der Waals surface area contributed by atoms with Crippen LogP contribution in [-0.2, 0) is 0 Å². The van der Waals surface area contributed by atoms with E-state index in [2.05, 4.69) is 4.98 Å². The predicted octanol–water partition coefficient (Wildman–Crippen LogP) is 1.78. The number of nitriles is 1. The van der Waals surface area contributed by atoms with E-state index in [-0.39, 0.29) is 11.4 Å². The Bertz CT molecular complexity index is 368. The molecule has 0 aliphatic heterocycles. The molecule has 0 fully saturated rings. The van der Waals surface area contributed by atoms with Gasteiger partial charge in [0.05, 0.1) is 5.56 Å². The number of halogens is 2. The molecule has 5 heteroatoms. The molecule has 2 N–H and O–H groups in total. The number of aromatic nitrogens is 1. The summed E-state index contributed by atoms with van der Waals surface area (Å²) in [6.45, 7) is 1.54. The molecule has 68 valence electrons. The molecule has 0 saturated carbocycles. The highest BCUT2D eigenvalue weighted by Crippen LogP contribution is 2.23. The SMILES string of the molecule is Cc1cc(N)nc(C(F)F)c1C#N. The minimum Gasteiger partial charge on any atom is -0.384 e. The van der Waals surface area contributed by atoms with Crippen molar-refractivity contribution < 1.29 is 8.78 Å². The second kappa shape index (κ2) is 3.35. The maximum atomic E-state index is 12.3. The number of aryl methyl sites for hydroxylation is 1. The van der Waals surface area contributed by atoms with Gasteiger partial charge >= 0.3 is 0 Å². The molecule has 0 aliphatic rings. The summed E-state index contributed by atoms with van der Waals surface area (Å²) in [6, 6.07) is 3.07. The number of nitrogens with zero attached hydrogens (tertiary/aromatic N) is 2. The molecule has 1 rings (SSSR count). The van der Waals surface area contributed by atoms with E-state index in [1.54, 1.807) is 13.0 Å². The largest absolute Gasteiger partial charge is 0.384 e. The summed E-state index contributed by atoms with van der Waals surface area (Å²) in [5.74, 6) is 0.00630. The number of anilines is 1. The minimum absolute atomic E-state index is 0.00630. The molecule has 0 radical (unpaired) electrons. The highest BCUT2D eigenvalue weighted by atomic mass is 19.3. The molecule has 1 heterocycles. The van der Waals surface area contributed by atoms with E-state index in [1.807, 2.05) is 0 Å². The minimum atomic E-state index is -2.77. The van der Waals surface area contributed by atoms with Gasteiger partial charge in [-0.2, -0.15) is 5.26 Å². The van der Waals surface area contributed by atoms with Crippen LogP contribution in [0.3, 0.4) is 0 Å². The van der Waals surface area contributed by atoms with Crippen LogP contribution in [0.5, 0.6) is 0 Å². The number of pyridine rings is 1. The van der Waals surface area contributed by atoms with Gasteiger partial charge in [-0.25, -0.2) is 13.8 Å². The Hall–Kier alpha value is -1.70. The first kappa shape index (κ1) is 9.39. The van der Waals surface area contributed by atoms with Crippen molar-refractivity contribution in [2.45, 2.75) is 13.3 Å². The molecule has 1 aromatic rings. The lowest BCUT2D eigenvalue weighted by molar-refractivity contribution is 0.146. The number of nitrogen functional groups attached to an aromatic ring is 1. The molecular formula is C8H7F2N3. The third-order valence-corrected chi connectivity index (χ3v) is 1.58. The maximum Gasteiger partial charge on any atom is 0.281 e. The molecule has 0 aliphatic carbocycles. The fourth-order valence-electron chi connectivity index (χ4n) is 1.03. The number of alkyl halides is 2. The average molecular weight is 183 g/mol. The standard InChI is InChI=1S/C8H7F2N3/c1-4-2-6(12)13-7(8(9)10)5(4)3-11/h2,8H,1H3,(H2,12,13). The number of hydrogen-bond acceptors (Lipinski definition) is 3. The van der Waals surface area contributed by atoms with Gasteiger partial charge in [-0.3, -0.25) is 0 Å². The fraction of sp³-hybridized carbons (Fsp3) is 0.250. The Kier molecular flexibility index (Phi) is 2.42. The molecule has 0 atom stereocenters. The summed E-state index contributed by atoms with van der Waals surface area (Å²) in [5, 5.41) is 8.57. The first-order chi connectivity index (χ1) is 6.06. The Balaban J connectivity index is 3.41. The topological polar surface area (TPSA) is 62.7 Å². The van der Waals surface area contributed by atoms with E-state index in [0.717, 1.165) is 0 Å². The van der Waals surface area contributed by atoms with Crippen LogP contribution in [0.1, 0.15) is 23.2 Å². The molecule has 0 bridgehead atoms. The Morgan fingerprint density at radius 1 is 1.62 bits per heavy atom. The monoisotopic (exact) mass is 183 g/mol. The van der Waals surface area contributed by atoms with Crippen LogP contribution in [0.25, 0.3) is 0 Å². The maximum absolute atomic E-state index is 12.3. The lowest BCUT2D eigenvalue weighted by Crippen LogP contribution is -2.02. The van der Waals surface area contributed by atoms with Crippen molar-refractivity contribution in [3.63, 3.8) is 0 Å². The van der Waals surface area contributed by atoms with Crippen LogP contribution >= 0.6 is 0 Å². The van der Waals surface area contributed by atoms with Crippen molar-refractivity contribution >= 4 is 5.82 Å². The first-order valence-corrected chi connectivity index (χ1v) is 3.51. The van der Waals surface area contributed by atoms with Crippen molar-refractivity contribution in [2.24, 2.45) is 0 Å². The van der Waals surface area contributed by atoms with E-state index in [0.29, 0.717) is 5.56 Å². The van der Waals surface area contributed by atoms with Gasteiger partial charge in [-0.15, -0.1) is 0 Å². The van der Waals surface area contributed by atoms with Gasteiger partial charge in [0.2, 0.25) is 0 Å². The Morgan fingerprint density at radius 3 is 2.69 bits per heavy atom. The van der Waals surface area contributed by atoms with Crippen LogP contribution in [0, 0.1) is 18.3 Å². The molecule has 0 spiro atoms. The van der Waals surface area contributed by atoms with Crippen molar-refractivity contribution in [1.82, 2.24) is 4.98 Å². The Morgan fingerprint density at radius 2 is 2.23 bits per heavy atom. The summed E-state index contributed by atoms with van der Waals surface area (Å²) in [5.41, 5.74) is 5.05. The number of rotatable bonds is 1. The van der Waals surface area contributed by atoms with Gasteiger partial charge in [0.15, 0.2) is 0 Å². The molecule has 0 aromatic carbocycles. The highest BCUT2D eigenvalue weighted by Gasteiger charge is 2.17. The quantitative estimate of drug-likeness (QED) is 0.721. The zero-order valence-corrected chi connectivity index (χ0v) is 6.88. The summed E-state index contributed by atoms with van der Waals surface area (Å²) >= 11 is 0. The molecule has 0 unspecified atom stereocenters. The van der Waals surface area contributed by atoms with Gasteiger partial charge in [0.1, 0.15) is 17.6 Å². The van der Waals surface area contributed by atoms with Crippen LogP contribution in [0.2, 0.25) is 0 Å². The average Bonchev–Trinajstić information content (AvgIpc) is 2.02. The predicted molar refractivity (Wildman–Crippen MR) is 43.1 cm³/mol. The number of nitrogens with two attached hydrogens (primary N) is 1. The third kappa shape index (κ3) is 1.72. The van der Waals surface area contributed by atoms with Gasteiger partial charge in [0, 0.05) is 0 Å². The van der Waals surface area contributed by atoms with Crippen molar-refractivity contribution in [3.05, 3.63) is 22.9 Å². The molecule has 0 saturated heterocycles. The van der Waals surface area contributed by atoms with E-state index < -0.39 is 12.1 Å². The summed E-state index contributed by atoms with van der Waals surface area (Å²) in [6.07, 6.45) is -2.77. The molecule has 1 aromatic heterocycles. The van der Waals surface area contributed by atoms with Crippen LogP contribution in [0.15, 0.2) is 6.07 Å². The molecular weight excluding hydrogens is 176 g/mol. The van der Waals surface area contributed by atoms with Crippen molar-refractivity contribution in [3.8, 4) is 6.07 Å². The second-order valence-electron chi connectivity index (χ2n) is 2.54. The van der Waals surface area contributed by atoms with Crippen LogP contribution < -0.4 is 5.73 Å². The normalized spacial score (nSPS) is 10.1. The van der Waals surface area contributed by atoms with Crippen LogP contribution in [0.4, 0.5) is 14.6 Å². The summed E-state index contributed by atoms with van der Waals surface area (Å²) in [4.78, 5) is 3.41. The lowest BCUT2D eigenvalue weighted by Gasteiger charge is -2.05. The summed E-state index contributed by atoms with van der Waals surface area (Å²) in [7, 11) is 0. The van der Waals surface area contributed by atoms with Gasteiger partial charge in [-0.05, 0) is 18.6 Å². The molecule has 13 heavy (non-hydrogen) atoms. The lowest BCUT2D eigenvalue weighted by atomic mass is 10.1. The van der Waals surface area contributed by atoms with Gasteiger partial charge in [0.25, 0.3) is 6.43 Å². The van der Waals surface area contributed by atoms with Gasteiger partial charge in [-0.1, -0.05) is 0 Å². The van der Waals surface area contributed by atoms with E-state index in [1.165, 1.54) is 6.07 Å². The molecule has 3 nitrogen and oxygen atoms in total. The van der Waals surface area contributed by atoms with E-state index >= 15 is 0 Å². The highest BCUT2D eigenvalue weighted by molar-refractivity contribution is 5.47. The van der Waals surface area contributed by atoms with Crippen molar-refractivity contribution in [1.29, 1.82) is 5.26 Å². The number of hydrogen-bond donors (Lipinski definition) is 1. The first-order valence-electron chi connectivity index (χ1n) is 3.51. The smallest absolute Gasteiger partial charge is 0.281 e. The summed E-state index contributed by atoms with van der Waals surface area (Å²) < 4.78 is 24.6. The fourth-order valence-corrected chi connectivity index (χ4v) is 1.03. The zero-order chi connectivity index (χ0) is 10.0. The van der Waals surface area contributed by atoms with Crippen molar-refractivity contribution in [2.75, 3.05) is 5.73 Å². The van der Waals surface area contributed by atoms with Gasteiger partial charge < -0.3 is 5.73 Å². The second-order valence-corrected chi connectivity index (χ2v) is 2.54. The van der Waals surface area contributed by atoms with E-state index in [4.69, 9.17) is 11.0 Å².